The standard InChI is InChI=1S/C29H34F3N3O5/c1-20-5-2-6-21(13-20)18-40-28(27(38)34-9-4-11-35-12-10-33-19-35)15-24(36)26(37)25(16-28)39-17-22-7-3-8-23(14-22)29(30,31)32/h2-3,5-8,10,12-14,19,24-26,36-37H,4,9,11,15-18H2,1H3,(H,34,38)/t24-,25?,26-,28+/m1/s1. The molecule has 1 heterocycles. The van der Waals surface area contributed by atoms with Crippen molar-refractivity contribution in [3.05, 3.63) is 89.5 Å². The van der Waals surface area contributed by atoms with E-state index in [-0.39, 0.29) is 31.6 Å². The number of hydrogen-bond acceptors (Lipinski definition) is 6. The molecular weight excluding hydrogens is 527 g/mol. The number of benzene rings is 2. The number of ether oxygens (including phenoxy) is 2. The first-order valence-electron chi connectivity index (χ1n) is 13.1. The molecule has 4 rings (SSSR count). The summed E-state index contributed by atoms with van der Waals surface area (Å²) in [5, 5.41) is 24.4. The highest BCUT2D eigenvalue weighted by molar-refractivity contribution is 5.85. The molecule has 216 valence electrons. The zero-order valence-electron chi connectivity index (χ0n) is 22.2. The Labute approximate surface area is 230 Å². The Balaban J connectivity index is 1.48. The lowest BCUT2D eigenvalue weighted by atomic mass is 9.78. The van der Waals surface area contributed by atoms with Gasteiger partial charge in [0.25, 0.3) is 5.91 Å². The smallest absolute Gasteiger partial charge is 0.390 e. The van der Waals surface area contributed by atoms with Crippen LogP contribution in [0.2, 0.25) is 0 Å². The second-order valence-corrected chi connectivity index (χ2v) is 10.2. The SMILES string of the molecule is Cc1cccc(CO[C@]2(C(=O)NCCCn3ccnc3)CC(OCc3cccc(C(F)(F)F)c3)[C@H](O)[C@H](O)C2)c1. The van der Waals surface area contributed by atoms with Crippen LogP contribution in [-0.4, -0.2) is 56.1 Å². The summed E-state index contributed by atoms with van der Waals surface area (Å²) in [5.74, 6) is -0.454. The van der Waals surface area contributed by atoms with Gasteiger partial charge in [-0.2, -0.15) is 13.2 Å². The topological polar surface area (TPSA) is 106 Å². The van der Waals surface area contributed by atoms with Crippen LogP contribution in [0.5, 0.6) is 0 Å². The zero-order chi connectivity index (χ0) is 28.8. The third-order valence-corrected chi connectivity index (χ3v) is 7.01. The second kappa shape index (κ2) is 12.9. The van der Waals surface area contributed by atoms with Gasteiger partial charge < -0.3 is 29.6 Å². The molecule has 4 atom stereocenters. The number of aliphatic hydroxyl groups excluding tert-OH is 2. The summed E-state index contributed by atoms with van der Waals surface area (Å²) in [6, 6.07) is 12.3. The minimum Gasteiger partial charge on any atom is -0.390 e. The van der Waals surface area contributed by atoms with Crippen LogP contribution in [-0.2, 0) is 40.2 Å². The van der Waals surface area contributed by atoms with Crippen molar-refractivity contribution in [3.63, 3.8) is 0 Å². The molecule has 2 aromatic carbocycles. The third kappa shape index (κ3) is 7.69. The highest BCUT2D eigenvalue weighted by Crippen LogP contribution is 2.36. The van der Waals surface area contributed by atoms with Gasteiger partial charge in [0.05, 0.1) is 37.3 Å². The normalized spacial score (nSPS) is 23.2. The quantitative estimate of drug-likeness (QED) is 0.308. The van der Waals surface area contributed by atoms with Crippen molar-refractivity contribution >= 4 is 5.91 Å². The van der Waals surface area contributed by atoms with Gasteiger partial charge in [-0.3, -0.25) is 4.79 Å². The summed E-state index contributed by atoms with van der Waals surface area (Å²) in [4.78, 5) is 17.6. The van der Waals surface area contributed by atoms with Crippen LogP contribution >= 0.6 is 0 Å². The fourth-order valence-electron chi connectivity index (χ4n) is 4.87. The monoisotopic (exact) mass is 561 g/mol. The molecule has 0 radical (unpaired) electrons. The first-order valence-corrected chi connectivity index (χ1v) is 13.1. The van der Waals surface area contributed by atoms with E-state index in [2.05, 4.69) is 10.3 Å². The summed E-state index contributed by atoms with van der Waals surface area (Å²) in [6.45, 7) is 2.74. The Kier molecular flexibility index (Phi) is 9.62. The predicted octanol–water partition coefficient (Wildman–Crippen LogP) is 3.77. The molecule has 0 aliphatic heterocycles. The molecule has 1 fully saturated rings. The molecule has 3 aromatic rings. The number of nitrogens with zero attached hydrogens (tertiary/aromatic N) is 2. The predicted molar refractivity (Wildman–Crippen MR) is 140 cm³/mol. The maximum Gasteiger partial charge on any atom is 0.416 e. The Morgan fingerprint density at radius 2 is 1.88 bits per heavy atom. The van der Waals surface area contributed by atoms with Crippen molar-refractivity contribution in [1.29, 1.82) is 0 Å². The molecule has 1 aliphatic rings. The summed E-state index contributed by atoms with van der Waals surface area (Å²) in [6.07, 6.45) is -2.75. The first kappa shape index (κ1) is 29.7. The molecule has 1 amide bonds. The van der Waals surface area contributed by atoms with Gasteiger partial charge in [-0.05, 0) is 36.6 Å². The number of aliphatic hydroxyl groups is 2. The van der Waals surface area contributed by atoms with Gasteiger partial charge in [0.2, 0.25) is 0 Å². The molecule has 0 spiro atoms. The van der Waals surface area contributed by atoms with Crippen molar-refractivity contribution in [2.75, 3.05) is 6.54 Å². The highest BCUT2D eigenvalue weighted by Gasteiger charge is 2.51. The summed E-state index contributed by atoms with van der Waals surface area (Å²) < 4.78 is 53.4. The van der Waals surface area contributed by atoms with Crippen LogP contribution in [0, 0.1) is 6.92 Å². The number of halogens is 3. The molecule has 40 heavy (non-hydrogen) atoms. The number of aryl methyl sites for hydroxylation is 2. The maximum absolute atomic E-state index is 13.6. The molecule has 11 heteroatoms. The molecular formula is C29H34F3N3O5. The Morgan fingerprint density at radius 3 is 2.58 bits per heavy atom. The average Bonchev–Trinajstić information content (AvgIpc) is 3.44. The van der Waals surface area contributed by atoms with Crippen LogP contribution in [0.4, 0.5) is 13.2 Å². The van der Waals surface area contributed by atoms with Crippen LogP contribution in [0.25, 0.3) is 0 Å². The number of carbonyl (C=O) groups is 1. The largest absolute Gasteiger partial charge is 0.416 e. The molecule has 1 aromatic heterocycles. The molecule has 1 aliphatic carbocycles. The molecule has 8 nitrogen and oxygen atoms in total. The number of alkyl halides is 3. The Morgan fingerprint density at radius 1 is 1.12 bits per heavy atom. The van der Waals surface area contributed by atoms with E-state index in [9.17, 15) is 28.2 Å². The fourth-order valence-corrected chi connectivity index (χ4v) is 4.87. The third-order valence-electron chi connectivity index (χ3n) is 7.01. The van der Waals surface area contributed by atoms with Crippen molar-refractivity contribution in [2.24, 2.45) is 0 Å². The van der Waals surface area contributed by atoms with Crippen molar-refractivity contribution in [1.82, 2.24) is 14.9 Å². The minimum absolute atomic E-state index is 0.0767. The minimum atomic E-state index is -4.51. The summed E-state index contributed by atoms with van der Waals surface area (Å²) in [7, 11) is 0. The number of nitrogens with one attached hydrogen (secondary N) is 1. The van der Waals surface area contributed by atoms with E-state index in [0.29, 0.717) is 19.5 Å². The molecule has 1 saturated carbocycles. The van der Waals surface area contributed by atoms with Gasteiger partial charge in [0.15, 0.2) is 5.60 Å². The highest BCUT2D eigenvalue weighted by atomic mass is 19.4. The lowest BCUT2D eigenvalue weighted by molar-refractivity contribution is -0.200. The van der Waals surface area contributed by atoms with Gasteiger partial charge in [0, 0.05) is 38.3 Å². The second-order valence-electron chi connectivity index (χ2n) is 10.2. The van der Waals surface area contributed by atoms with Crippen LogP contribution in [0.15, 0.2) is 67.3 Å². The number of amides is 1. The number of imidazole rings is 1. The fraction of sp³-hybridized carbons (Fsp3) is 0.448. The van der Waals surface area contributed by atoms with Gasteiger partial charge in [-0.15, -0.1) is 0 Å². The average molecular weight is 562 g/mol. The molecule has 3 N–H and O–H groups in total. The first-order chi connectivity index (χ1) is 19.1. The van der Waals surface area contributed by atoms with E-state index in [1.54, 1.807) is 12.5 Å². The van der Waals surface area contributed by atoms with E-state index in [1.807, 2.05) is 42.0 Å². The van der Waals surface area contributed by atoms with Gasteiger partial charge in [-0.25, -0.2) is 4.98 Å². The van der Waals surface area contributed by atoms with E-state index >= 15 is 0 Å². The van der Waals surface area contributed by atoms with Crippen LogP contribution in [0.3, 0.4) is 0 Å². The number of rotatable bonds is 11. The van der Waals surface area contributed by atoms with E-state index in [0.717, 1.165) is 23.3 Å². The van der Waals surface area contributed by atoms with E-state index < -0.39 is 41.6 Å². The van der Waals surface area contributed by atoms with Gasteiger partial charge >= 0.3 is 6.18 Å². The van der Waals surface area contributed by atoms with E-state index in [4.69, 9.17) is 9.47 Å². The lowest BCUT2D eigenvalue weighted by Gasteiger charge is -2.44. The summed E-state index contributed by atoms with van der Waals surface area (Å²) >= 11 is 0. The zero-order valence-corrected chi connectivity index (χ0v) is 22.2. The van der Waals surface area contributed by atoms with Crippen molar-refractivity contribution in [2.45, 2.75) is 76.0 Å². The number of hydrogen-bond donors (Lipinski definition) is 3. The van der Waals surface area contributed by atoms with Gasteiger partial charge in [0.1, 0.15) is 6.10 Å². The molecule has 1 unspecified atom stereocenters. The Hall–Kier alpha value is -3.25. The molecule has 0 saturated heterocycles. The van der Waals surface area contributed by atoms with Crippen molar-refractivity contribution < 1.29 is 37.7 Å². The van der Waals surface area contributed by atoms with Crippen molar-refractivity contribution in [3.8, 4) is 0 Å². The molecule has 0 bridgehead atoms. The van der Waals surface area contributed by atoms with E-state index in [1.165, 1.54) is 12.1 Å². The lowest BCUT2D eigenvalue weighted by Crippen LogP contribution is -2.60. The maximum atomic E-state index is 13.6. The van der Waals surface area contributed by atoms with Crippen LogP contribution in [0.1, 0.15) is 41.5 Å². The van der Waals surface area contributed by atoms with Gasteiger partial charge in [-0.1, -0.05) is 42.0 Å². The number of carbonyl (C=O) groups excluding carboxylic acids is 1. The summed E-state index contributed by atoms with van der Waals surface area (Å²) in [5.41, 5.74) is -0.258. The van der Waals surface area contributed by atoms with Crippen LogP contribution < -0.4 is 5.32 Å². The Bertz CT molecular complexity index is 1250. The number of aromatic nitrogens is 2.